The number of halogens is 4. The number of alkyl halides is 4. The van der Waals surface area contributed by atoms with Gasteiger partial charge in [0.2, 0.25) is 0 Å². The Morgan fingerprint density at radius 3 is 2.60 bits per heavy atom. The maximum Gasteiger partial charge on any atom is 0.468 e. The van der Waals surface area contributed by atoms with Gasteiger partial charge in [-0.05, 0) is 0 Å². The Hall–Kier alpha value is -0.750. The largest absolute Gasteiger partial charge is 0.468 e. The number of aryl methyl sites for hydroxylation is 1. The van der Waals surface area contributed by atoms with Gasteiger partial charge in [-0.1, -0.05) is 18.5 Å². The second-order valence-electron chi connectivity index (χ2n) is 2.70. The molecule has 0 fully saturated rings. The summed E-state index contributed by atoms with van der Waals surface area (Å²) in [5.74, 6) is -1.07. The van der Waals surface area contributed by atoms with Crippen molar-refractivity contribution < 1.29 is 22.3 Å². The van der Waals surface area contributed by atoms with E-state index in [0.717, 1.165) is 0 Å². The van der Waals surface area contributed by atoms with Crippen molar-refractivity contribution in [3.05, 3.63) is 17.3 Å². The molecule has 0 saturated heterocycles. The molecular weight excluding hydrogens is 235 g/mol. The van der Waals surface area contributed by atoms with E-state index >= 15 is 0 Å². The van der Waals surface area contributed by atoms with Crippen molar-refractivity contribution in [1.82, 2.24) is 4.98 Å². The predicted molar refractivity (Wildman–Crippen MR) is 46.4 cm³/mol. The molecule has 1 heterocycles. The Labute approximate surface area is 89.2 Å². The summed E-state index contributed by atoms with van der Waals surface area (Å²) in [5, 5.41) is 0. The van der Waals surface area contributed by atoms with Crippen LogP contribution in [0.1, 0.15) is 24.3 Å². The van der Waals surface area contributed by atoms with Crippen LogP contribution in [0.2, 0.25) is 0 Å². The fourth-order valence-electron chi connectivity index (χ4n) is 1.03. The van der Waals surface area contributed by atoms with Crippen LogP contribution in [0.4, 0.5) is 13.2 Å². The first kappa shape index (κ1) is 12.3. The summed E-state index contributed by atoms with van der Waals surface area (Å²) in [7, 11) is 0. The molecule has 0 N–H and O–H groups in total. The van der Waals surface area contributed by atoms with Crippen molar-refractivity contribution in [3.8, 4) is 0 Å². The van der Waals surface area contributed by atoms with Crippen molar-refractivity contribution in [1.29, 1.82) is 0 Å². The Morgan fingerprint density at radius 1 is 1.47 bits per heavy atom. The van der Waals surface area contributed by atoms with Crippen LogP contribution in [-0.2, 0) is 23.9 Å². The summed E-state index contributed by atoms with van der Waals surface area (Å²) in [4.78, 5) is 3.31. The fourth-order valence-corrected chi connectivity index (χ4v) is 1.11. The predicted octanol–water partition coefficient (Wildman–Crippen LogP) is 2.97. The average Bonchev–Trinajstić information content (AvgIpc) is 2.57. The third kappa shape index (κ3) is 3.10. The van der Waals surface area contributed by atoms with Gasteiger partial charge in [-0.25, -0.2) is 4.98 Å². The molecule has 3 nitrogen and oxygen atoms in total. The molecule has 1 aromatic heterocycles. The molecule has 15 heavy (non-hydrogen) atoms. The van der Waals surface area contributed by atoms with Crippen LogP contribution in [0.5, 0.6) is 0 Å². The molecule has 0 amide bonds. The standard InChI is InChI=1S/C8H9ClF3NO2/c1-2-6-5(3-14-4-9)13-7(15-6)8(10,11)12/h2-4H2,1H3. The van der Waals surface area contributed by atoms with E-state index in [0.29, 0.717) is 6.42 Å². The summed E-state index contributed by atoms with van der Waals surface area (Å²) in [6, 6.07) is -0.0998. The van der Waals surface area contributed by atoms with Crippen LogP contribution in [0.15, 0.2) is 4.42 Å². The van der Waals surface area contributed by atoms with E-state index in [1.807, 2.05) is 0 Å². The van der Waals surface area contributed by atoms with E-state index in [9.17, 15) is 13.2 Å². The first-order chi connectivity index (χ1) is 6.99. The van der Waals surface area contributed by atoms with Crippen LogP contribution in [0.25, 0.3) is 0 Å². The van der Waals surface area contributed by atoms with Crippen molar-refractivity contribution in [2.75, 3.05) is 6.07 Å². The molecule has 0 saturated carbocycles. The van der Waals surface area contributed by atoms with E-state index in [-0.39, 0.29) is 24.1 Å². The molecule has 0 aliphatic carbocycles. The van der Waals surface area contributed by atoms with E-state index in [1.54, 1.807) is 6.92 Å². The molecule has 1 rings (SSSR count). The van der Waals surface area contributed by atoms with Crippen LogP contribution in [-0.4, -0.2) is 11.1 Å². The summed E-state index contributed by atoms with van der Waals surface area (Å²) < 4.78 is 46.0. The van der Waals surface area contributed by atoms with Gasteiger partial charge in [0.05, 0.1) is 6.61 Å². The SMILES string of the molecule is CCc1oc(C(F)(F)F)nc1COCCl. The lowest BCUT2D eigenvalue weighted by Gasteiger charge is -1.97. The van der Waals surface area contributed by atoms with Crippen LogP contribution >= 0.6 is 11.6 Å². The van der Waals surface area contributed by atoms with Gasteiger partial charge >= 0.3 is 12.1 Å². The summed E-state index contributed by atoms with van der Waals surface area (Å²) in [6.45, 7) is 1.59. The highest BCUT2D eigenvalue weighted by Crippen LogP contribution is 2.30. The minimum absolute atomic E-state index is 0.0771. The highest BCUT2D eigenvalue weighted by molar-refractivity contribution is 6.17. The van der Waals surface area contributed by atoms with Gasteiger partial charge in [0.15, 0.2) is 0 Å². The van der Waals surface area contributed by atoms with E-state index in [2.05, 4.69) is 9.40 Å². The molecule has 86 valence electrons. The van der Waals surface area contributed by atoms with Crippen molar-refractivity contribution in [2.45, 2.75) is 26.1 Å². The molecule has 0 unspecified atom stereocenters. The Morgan fingerprint density at radius 2 is 2.13 bits per heavy atom. The second-order valence-corrected chi connectivity index (χ2v) is 2.92. The lowest BCUT2D eigenvalue weighted by atomic mass is 10.3. The van der Waals surface area contributed by atoms with E-state index in [4.69, 9.17) is 16.3 Å². The third-order valence-corrected chi connectivity index (χ3v) is 1.81. The van der Waals surface area contributed by atoms with E-state index < -0.39 is 12.1 Å². The highest BCUT2D eigenvalue weighted by atomic mass is 35.5. The zero-order chi connectivity index (χ0) is 11.5. The third-order valence-electron chi connectivity index (χ3n) is 1.66. The maximum atomic E-state index is 12.2. The number of ether oxygens (including phenoxy) is 1. The first-order valence-corrected chi connectivity index (χ1v) is 4.72. The number of hydrogen-bond acceptors (Lipinski definition) is 3. The number of aromatic nitrogens is 1. The summed E-state index contributed by atoms with van der Waals surface area (Å²) >= 11 is 5.24. The van der Waals surface area contributed by atoms with Crippen LogP contribution in [0.3, 0.4) is 0 Å². The summed E-state index contributed by atoms with van der Waals surface area (Å²) in [6.07, 6.45) is -4.24. The van der Waals surface area contributed by atoms with Gasteiger partial charge in [-0.15, -0.1) is 0 Å². The van der Waals surface area contributed by atoms with Gasteiger partial charge < -0.3 is 9.15 Å². The molecule has 0 bridgehead atoms. The first-order valence-electron chi connectivity index (χ1n) is 4.18. The molecule has 0 aliphatic rings. The second kappa shape index (κ2) is 4.85. The van der Waals surface area contributed by atoms with Crippen LogP contribution < -0.4 is 0 Å². The van der Waals surface area contributed by atoms with Crippen molar-refractivity contribution >= 4 is 11.6 Å². The van der Waals surface area contributed by atoms with Gasteiger partial charge in [-0.2, -0.15) is 13.2 Å². The molecule has 0 radical (unpaired) electrons. The van der Waals surface area contributed by atoms with Crippen molar-refractivity contribution in [2.24, 2.45) is 0 Å². The zero-order valence-electron chi connectivity index (χ0n) is 7.90. The molecule has 0 aromatic carbocycles. The quantitative estimate of drug-likeness (QED) is 0.763. The highest BCUT2D eigenvalue weighted by Gasteiger charge is 2.38. The monoisotopic (exact) mass is 243 g/mol. The molecular formula is C8H9ClF3NO2. The molecule has 7 heteroatoms. The Bertz CT molecular complexity index is 324. The van der Waals surface area contributed by atoms with Crippen LogP contribution in [0, 0.1) is 0 Å². The smallest absolute Gasteiger partial charge is 0.438 e. The molecule has 0 atom stereocenters. The number of rotatable bonds is 4. The lowest BCUT2D eigenvalue weighted by molar-refractivity contribution is -0.157. The number of oxazole rings is 1. The molecule has 1 aromatic rings. The molecule has 0 aliphatic heterocycles. The fraction of sp³-hybridized carbons (Fsp3) is 0.625. The van der Waals surface area contributed by atoms with Crippen molar-refractivity contribution in [3.63, 3.8) is 0 Å². The average molecular weight is 244 g/mol. The normalized spacial score (nSPS) is 12.1. The Kier molecular flexibility index (Phi) is 3.98. The number of nitrogens with zero attached hydrogens (tertiary/aromatic N) is 1. The van der Waals surface area contributed by atoms with Gasteiger partial charge in [-0.3, -0.25) is 0 Å². The Balaban J connectivity index is 2.90. The maximum absolute atomic E-state index is 12.2. The van der Waals surface area contributed by atoms with Gasteiger partial charge in [0, 0.05) is 6.42 Å². The summed E-state index contributed by atoms with van der Waals surface area (Å²) in [5.41, 5.74) is 0.144. The minimum atomic E-state index is -4.57. The number of hydrogen-bond donors (Lipinski definition) is 0. The van der Waals surface area contributed by atoms with E-state index in [1.165, 1.54) is 0 Å². The minimum Gasteiger partial charge on any atom is -0.438 e. The topological polar surface area (TPSA) is 35.3 Å². The molecule has 0 spiro atoms. The van der Waals surface area contributed by atoms with Gasteiger partial charge in [0.25, 0.3) is 0 Å². The van der Waals surface area contributed by atoms with Gasteiger partial charge in [0.1, 0.15) is 17.5 Å². The zero-order valence-corrected chi connectivity index (χ0v) is 8.65. The lowest BCUT2D eigenvalue weighted by Crippen LogP contribution is -2.05.